The quantitative estimate of drug-likeness (QED) is 0.495. The van der Waals surface area contributed by atoms with Crippen molar-refractivity contribution in [3.05, 3.63) is 70.9 Å². The highest BCUT2D eigenvalue weighted by molar-refractivity contribution is 7.80. The minimum Gasteiger partial charge on any atom is -0.358 e. The Kier molecular flexibility index (Phi) is 4.58. The van der Waals surface area contributed by atoms with Crippen LogP contribution < -0.4 is 0 Å². The van der Waals surface area contributed by atoms with E-state index in [0.717, 1.165) is 39.9 Å². The van der Waals surface area contributed by atoms with Crippen LogP contribution in [-0.2, 0) is 0 Å². The van der Waals surface area contributed by atoms with Crippen LogP contribution in [0.3, 0.4) is 0 Å². The zero-order valence-corrected chi connectivity index (χ0v) is 14.4. The van der Waals surface area contributed by atoms with Gasteiger partial charge in [0.2, 0.25) is 0 Å². The standard InChI is InChI=1S/C20H21NOS/c1-13(11-12-23)16-9-6-10-17-19(16)18(14(2)21-17)20(22)15-7-4-3-5-8-15/h3-10,13,21,23H,11-12H2,1-2H3. The van der Waals surface area contributed by atoms with E-state index in [1.807, 2.05) is 43.3 Å². The molecule has 1 aromatic heterocycles. The Morgan fingerprint density at radius 1 is 1.13 bits per heavy atom. The summed E-state index contributed by atoms with van der Waals surface area (Å²) in [5, 5.41) is 1.06. The van der Waals surface area contributed by atoms with Crippen molar-refractivity contribution in [2.24, 2.45) is 0 Å². The Bertz CT molecular complexity index is 835. The van der Waals surface area contributed by atoms with E-state index in [4.69, 9.17) is 0 Å². The number of aromatic nitrogens is 1. The summed E-state index contributed by atoms with van der Waals surface area (Å²) < 4.78 is 0. The molecule has 2 aromatic carbocycles. The largest absolute Gasteiger partial charge is 0.358 e. The minimum absolute atomic E-state index is 0.0832. The third-order valence-electron chi connectivity index (χ3n) is 4.40. The first kappa shape index (κ1) is 15.9. The number of fused-ring (bicyclic) bond motifs is 1. The molecule has 2 nitrogen and oxygen atoms in total. The average Bonchev–Trinajstić information content (AvgIpc) is 2.91. The fraction of sp³-hybridized carbons (Fsp3) is 0.250. The van der Waals surface area contributed by atoms with Crippen LogP contribution in [0.25, 0.3) is 10.9 Å². The number of nitrogens with one attached hydrogen (secondary N) is 1. The van der Waals surface area contributed by atoms with E-state index in [0.29, 0.717) is 5.92 Å². The van der Waals surface area contributed by atoms with Gasteiger partial charge in [-0.25, -0.2) is 0 Å². The van der Waals surface area contributed by atoms with Crippen LogP contribution in [0.1, 0.15) is 46.4 Å². The lowest BCUT2D eigenvalue weighted by Crippen LogP contribution is -2.04. The predicted molar refractivity (Wildman–Crippen MR) is 99.8 cm³/mol. The first-order chi connectivity index (χ1) is 11.1. The van der Waals surface area contributed by atoms with Gasteiger partial charge in [0.05, 0.1) is 5.56 Å². The van der Waals surface area contributed by atoms with E-state index in [1.54, 1.807) is 0 Å². The van der Waals surface area contributed by atoms with E-state index in [2.05, 4.69) is 36.7 Å². The second kappa shape index (κ2) is 6.63. The lowest BCUT2D eigenvalue weighted by atomic mass is 9.91. The Labute approximate surface area is 142 Å². The molecule has 0 saturated carbocycles. The highest BCUT2D eigenvalue weighted by Gasteiger charge is 2.21. The number of carbonyl (C=O) groups excluding carboxylic acids is 1. The number of carbonyl (C=O) groups is 1. The van der Waals surface area contributed by atoms with E-state index >= 15 is 0 Å². The fourth-order valence-corrected chi connectivity index (χ4v) is 3.57. The number of rotatable bonds is 5. The van der Waals surface area contributed by atoms with Gasteiger partial charge < -0.3 is 4.98 Å². The number of H-pyrrole nitrogens is 1. The van der Waals surface area contributed by atoms with Gasteiger partial charge in [-0.05, 0) is 36.6 Å². The van der Waals surface area contributed by atoms with Gasteiger partial charge in [-0.2, -0.15) is 12.6 Å². The molecule has 1 atom stereocenters. The lowest BCUT2D eigenvalue weighted by Gasteiger charge is -2.13. The first-order valence-corrected chi connectivity index (χ1v) is 8.58. The number of ketones is 1. The number of aryl methyl sites for hydroxylation is 1. The van der Waals surface area contributed by atoms with Gasteiger partial charge in [-0.1, -0.05) is 49.4 Å². The predicted octanol–water partition coefficient (Wildman–Crippen LogP) is 5.13. The summed E-state index contributed by atoms with van der Waals surface area (Å²) in [5.41, 5.74) is 4.71. The summed E-state index contributed by atoms with van der Waals surface area (Å²) in [4.78, 5) is 16.4. The van der Waals surface area contributed by atoms with Gasteiger partial charge in [0, 0.05) is 22.2 Å². The Morgan fingerprint density at radius 2 is 1.87 bits per heavy atom. The number of thiol groups is 1. The normalized spacial score (nSPS) is 12.5. The summed E-state index contributed by atoms with van der Waals surface area (Å²) >= 11 is 4.36. The van der Waals surface area contributed by atoms with Crippen molar-refractivity contribution in [3.8, 4) is 0 Å². The maximum Gasteiger partial charge on any atom is 0.195 e. The number of aromatic amines is 1. The van der Waals surface area contributed by atoms with Crippen LogP contribution in [0.5, 0.6) is 0 Å². The summed E-state index contributed by atoms with van der Waals surface area (Å²) in [6.07, 6.45) is 0.991. The number of benzene rings is 2. The van der Waals surface area contributed by atoms with Crippen molar-refractivity contribution in [3.63, 3.8) is 0 Å². The van der Waals surface area contributed by atoms with Crippen molar-refractivity contribution >= 4 is 29.3 Å². The molecule has 23 heavy (non-hydrogen) atoms. The molecule has 1 N–H and O–H groups in total. The average molecular weight is 323 g/mol. The first-order valence-electron chi connectivity index (χ1n) is 7.95. The molecule has 3 aromatic rings. The van der Waals surface area contributed by atoms with Gasteiger partial charge >= 0.3 is 0 Å². The summed E-state index contributed by atoms with van der Waals surface area (Å²) in [5.74, 6) is 1.29. The van der Waals surface area contributed by atoms with Gasteiger partial charge in [-0.3, -0.25) is 4.79 Å². The third-order valence-corrected chi connectivity index (χ3v) is 4.66. The van der Waals surface area contributed by atoms with Gasteiger partial charge in [0.15, 0.2) is 5.78 Å². The van der Waals surface area contributed by atoms with E-state index in [9.17, 15) is 4.79 Å². The Hall–Kier alpha value is -2.00. The lowest BCUT2D eigenvalue weighted by molar-refractivity contribution is 0.103. The Morgan fingerprint density at radius 3 is 2.57 bits per heavy atom. The van der Waals surface area contributed by atoms with E-state index in [-0.39, 0.29) is 5.78 Å². The van der Waals surface area contributed by atoms with Crippen LogP contribution in [-0.4, -0.2) is 16.5 Å². The molecule has 0 amide bonds. The van der Waals surface area contributed by atoms with Crippen LogP contribution in [0.15, 0.2) is 48.5 Å². The molecule has 0 radical (unpaired) electrons. The van der Waals surface area contributed by atoms with Gasteiger partial charge in [-0.15, -0.1) is 0 Å². The summed E-state index contributed by atoms with van der Waals surface area (Å²) in [6, 6.07) is 15.7. The second-order valence-corrected chi connectivity index (χ2v) is 6.45. The van der Waals surface area contributed by atoms with Gasteiger partial charge in [0.1, 0.15) is 0 Å². The molecule has 0 aliphatic carbocycles. The highest BCUT2D eigenvalue weighted by atomic mass is 32.1. The molecule has 3 heteroatoms. The molecule has 3 rings (SSSR count). The summed E-state index contributed by atoms with van der Waals surface area (Å²) in [6.45, 7) is 4.17. The molecule has 1 heterocycles. The van der Waals surface area contributed by atoms with E-state index in [1.165, 1.54) is 5.56 Å². The monoisotopic (exact) mass is 323 g/mol. The number of hydrogen-bond donors (Lipinski definition) is 2. The van der Waals surface area contributed by atoms with Gasteiger partial charge in [0.25, 0.3) is 0 Å². The molecule has 0 saturated heterocycles. The zero-order valence-electron chi connectivity index (χ0n) is 13.5. The molecule has 118 valence electrons. The molecular weight excluding hydrogens is 302 g/mol. The van der Waals surface area contributed by atoms with Crippen LogP contribution >= 0.6 is 12.6 Å². The molecule has 0 fully saturated rings. The fourth-order valence-electron chi connectivity index (χ4n) is 3.18. The SMILES string of the molecule is Cc1[nH]c2cccc(C(C)CCS)c2c1C(=O)c1ccccc1. The highest BCUT2D eigenvalue weighted by Crippen LogP contribution is 2.33. The van der Waals surface area contributed by atoms with Crippen molar-refractivity contribution in [2.45, 2.75) is 26.2 Å². The molecular formula is C20H21NOS. The second-order valence-electron chi connectivity index (χ2n) is 6.00. The van der Waals surface area contributed by atoms with Crippen molar-refractivity contribution in [1.29, 1.82) is 0 Å². The number of hydrogen-bond acceptors (Lipinski definition) is 2. The molecule has 0 aliphatic heterocycles. The van der Waals surface area contributed by atoms with Crippen molar-refractivity contribution in [1.82, 2.24) is 4.98 Å². The maximum atomic E-state index is 13.0. The third kappa shape index (κ3) is 2.93. The zero-order chi connectivity index (χ0) is 16.4. The van der Waals surface area contributed by atoms with Crippen LogP contribution in [0.4, 0.5) is 0 Å². The molecule has 0 spiro atoms. The molecule has 1 unspecified atom stereocenters. The van der Waals surface area contributed by atoms with Crippen LogP contribution in [0.2, 0.25) is 0 Å². The topological polar surface area (TPSA) is 32.9 Å². The molecule has 0 bridgehead atoms. The van der Waals surface area contributed by atoms with E-state index < -0.39 is 0 Å². The van der Waals surface area contributed by atoms with Crippen molar-refractivity contribution in [2.75, 3.05) is 5.75 Å². The van der Waals surface area contributed by atoms with Crippen molar-refractivity contribution < 1.29 is 4.79 Å². The minimum atomic E-state index is 0.0832. The maximum absolute atomic E-state index is 13.0. The smallest absolute Gasteiger partial charge is 0.195 e. The van der Waals surface area contributed by atoms with Crippen LogP contribution in [0, 0.1) is 6.92 Å². The summed E-state index contributed by atoms with van der Waals surface area (Å²) in [7, 11) is 0. The Balaban J connectivity index is 2.20. The molecule has 0 aliphatic rings.